The summed E-state index contributed by atoms with van der Waals surface area (Å²) in [4.78, 5) is 24.0. The number of nitrogens with one attached hydrogen (secondary N) is 1. The molecule has 2 aromatic rings. The predicted octanol–water partition coefficient (Wildman–Crippen LogP) is 4.81. The lowest BCUT2D eigenvalue weighted by molar-refractivity contribution is -0.145. The standard InChI is InChI=1S/C21H19F6NO3/c1-12(28-13(2)29)19(18(30)31,15-6-8-16(9-7-15)20(22,23)24)11-14-4-3-5-17(10-14)21(25,26)27/h3-10,12H,11H2,1-2H3,(H,28,29)(H,30,31). The minimum atomic E-state index is -4.67. The second-order valence-corrected chi connectivity index (χ2v) is 7.15. The van der Waals surface area contributed by atoms with Gasteiger partial charge in [0.2, 0.25) is 5.91 Å². The molecule has 2 rings (SSSR count). The Labute approximate surface area is 173 Å². The lowest BCUT2D eigenvalue weighted by Crippen LogP contribution is -2.54. The Bertz CT molecular complexity index is 953. The van der Waals surface area contributed by atoms with E-state index in [1.165, 1.54) is 13.0 Å². The summed E-state index contributed by atoms with van der Waals surface area (Å²) in [6.07, 6.45) is -9.83. The normalized spacial score (nSPS) is 15.1. The molecule has 0 saturated carbocycles. The fourth-order valence-electron chi connectivity index (χ4n) is 3.45. The van der Waals surface area contributed by atoms with Crippen LogP contribution < -0.4 is 5.32 Å². The molecule has 0 radical (unpaired) electrons. The molecule has 1 amide bonds. The van der Waals surface area contributed by atoms with Gasteiger partial charge in [-0.25, -0.2) is 0 Å². The zero-order valence-electron chi connectivity index (χ0n) is 16.4. The van der Waals surface area contributed by atoms with Gasteiger partial charge >= 0.3 is 18.3 Å². The Morgan fingerprint density at radius 3 is 1.87 bits per heavy atom. The van der Waals surface area contributed by atoms with E-state index in [0.717, 1.165) is 37.3 Å². The van der Waals surface area contributed by atoms with Gasteiger partial charge in [0.05, 0.1) is 11.1 Å². The van der Waals surface area contributed by atoms with E-state index in [9.17, 15) is 41.0 Å². The predicted molar refractivity (Wildman–Crippen MR) is 99.2 cm³/mol. The topological polar surface area (TPSA) is 66.4 Å². The van der Waals surface area contributed by atoms with Gasteiger partial charge < -0.3 is 10.4 Å². The molecule has 4 nitrogen and oxygen atoms in total. The SMILES string of the molecule is CC(=O)NC(C)C(Cc1cccc(C(F)(F)F)c1)(C(=O)O)c1ccc(C(F)(F)F)cc1. The van der Waals surface area contributed by atoms with Gasteiger partial charge in [-0.2, -0.15) is 26.3 Å². The molecule has 0 aromatic heterocycles. The zero-order valence-corrected chi connectivity index (χ0v) is 16.4. The van der Waals surface area contributed by atoms with Crippen LogP contribution in [0.3, 0.4) is 0 Å². The molecule has 0 fully saturated rings. The van der Waals surface area contributed by atoms with Crippen LogP contribution in [-0.4, -0.2) is 23.0 Å². The first-order chi connectivity index (χ1) is 14.2. The second kappa shape index (κ2) is 8.60. The van der Waals surface area contributed by atoms with E-state index in [1.807, 2.05) is 0 Å². The van der Waals surface area contributed by atoms with E-state index < -0.39 is 53.2 Å². The van der Waals surface area contributed by atoms with Gasteiger partial charge in [-0.3, -0.25) is 9.59 Å². The van der Waals surface area contributed by atoms with E-state index >= 15 is 0 Å². The molecule has 2 unspecified atom stereocenters. The van der Waals surface area contributed by atoms with Crippen LogP contribution in [0.25, 0.3) is 0 Å². The summed E-state index contributed by atoms with van der Waals surface area (Å²) in [5.41, 5.74) is -4.13. The Morgan fingerprint density at radius 1 is 0.903 bits per heavy atom. The first-order valence-electron chi connectivity index (χ1n) is 9.02. The van der Waals surface area contributed by atoms with Crippen molar-refractivity contribution in [3.05, 3.63) is 70.8 Å². The number of rotatable bonds is 6. The summed E-state index contributed by atoms with van der Waals surface area (Å²) in [7, 11) is 0. The summed E-state index contributed by atoms with van der Waals surface area (Å²) in [6.45, 7) is 2.46. The number of carbonyl (C=O) groups is 2. The maximum Gasteiger partial charge on any atom is 0.416 e. The average molecular weight is 447 g/mol. The Balaban J connectivity index is 2.65. The summed E-state index contributed by atoms with van der Waals surface area (Å²) < 4.78 is 78.1. The quantitative estimate of drug-likeness (QED) is 0.625. The molecule has 0 spiro atoms. The fraction of sp³-hybridized carbons (Fsp3) is 0.333. The van der Waals surface area contributed by atoms with E-state index in [-0.39, 0.29) is 11.1 Å². The van der Waals surface area contributed by atoms with Crippen molar-refractivity contribution >= 4 is 11.9 Å². The Kier molecular flexibility index (Phi) is 6.72. The van der Waals surface area contributed by atoms with Crippen LogP contribution >= 0.6 is 0 Å². The molecular weight excluding hydrogens is 428 g/mol. The number of alkyl halides is 6. The Morgan fingerprint density at radius 2 is 1.42 bits per heavy atom. The summed E-state index contributed by atoms with van der Waals surface area (Å²) in [5, 5.41) is 12.5. The van der Waals surface area contributed by atoms with Crippen LogP contribution in [0, 0.1) is 0 Å². The molecule has 0 aliphatic heterocycles. The Hall–Kier alpha value is -3.04. The van der Waals surface area contributed by atoms with Crippen LogP contribution in [0.4, 0.5) is 26.3 Å². The van der Waals surface area contributed by atoms with Crippen molar-refractivity contribution in [1.29, 1.82) is 0 Å². The molecule has 0 heterocycles. The lowest BCUT2D eigenvalue weighted by atomic mass is 9.70. The largest absolute Gasteiger partial charge is 0.481 e. The molecule has 2 atom stereocenters. The summed E-state index contributed by atoms with van der Waals surface area (Å²) in [6, 6.07) is 6.15. The highest BCUT2D eigenvalue weighted by Gasteiger charge is 2.47. The van der Waals surface area contributed by atoms with Gasteiger partial charge in [0.15, 0.2) is 0 Å². The number of hydrogen-bond acceptors (Lipinski definition) is 2. The van der Waals surface area contributed by atoms with Crippen LogP contribution in [0.5, 0.6) is 0 Å². The molecule has 0 aliphatic carbocycles. The van der Waals surface area contributed by atoms with Crippen molar-refractivity contribution in [1.82, 2.24) is 5.32 Å². The molecule has 2 N–H and O–H groups in total. The number of carboxylic acids is 1. The molecule has 31 heavy (non-hydrogen) atoms. The van der Waals surface area contributed by atoms with Crippen molar-refractivity contribution in [2.45, 2.75) is 44.1 Å². The van der Waals surface area contributed by atoms with E-state index in [1.54, 1.807) is 0 Å². The smallest absolute Gasteiger partial charge is 0.416 e. The van der Waals surface area contributed by atoms with Crippen molar-refractivity contribution in [3.63, 3.8) is 0 Å². The zero-order chi connectivity index (χ0) is 23.6. The first-order valence-corrected chi connectivity index (χ1v) is 9.02. The number of halogens is 6. The highest BCUT2D eigenvalue weighted by Crippen LogP contribution is 2.37. The number of hydrogen-bond donors (Lipinski definition) is 2. The third-order valence-electron chi connectivity index (χ3n) is 5.01. The maximum absolute atomic E-state index is 13.1. The van der Waals surface area contributed by atoms with Crippen LogP contribution in [-0.2, 0) is 33.8 Å². The first kappa shape index (κ1) is 24.2. The summed E-state index contributed by atoms with van der Waals surface area (Å²) in [5.74, 6) is -2.11. The lowest BCUT2D eigenvalue weighted by Gasteiger charge is -2.36. The van der Waals surface area contributed by atoms with E-state index in [0.29, 0.717) is 12.1 Å². The molecule has 0 aliphatic rings. The number of carboxylic acid groups (broad SMARTS) is 1. The monoisotopic (exact) mass is 447 g/mol. The fourth-order valence-corrected chi connectivity index (χ4v) is 3.45. The number of carbonyl (C=O) groups excluding carboxylic acids is 1. The van der Waals surface area contributed by atoms with Crippen LogP contribution in [0.15, 0.2) is 48.5 Å². The molecule has 168 valence electrons. The average Bonchev–Trinajstić information content (AvgIpc) is 2.64. The molecule has 2 aromatic carbocycles. The van der Waals surface area contributed by atoms with Gasteiger partial charge in [0, 0.05) is 13.0 Å². The molecular formula is C21H19F6NO3. The van der Waals surface area contributed by atoms with Crippen LogP contribution in [0.1, 0.15) is 36.1 Å². The molecule has 0 bridgehead atoms. The number of aliphatic carboxylic acids is 1. The highest BCUT2D eigenvalue weighted by molar-refractivity contribution is 5.84. The molecule has 10 heteroatoms. The van der Waals surface area contributed by atoms with Gasteiger partial charge in [-0.05, 0) is 42.7 Å². The number of amides is 1. The van der Waals surface area contributed by atoms with Crippen molar-refractivity contribution in [3.8, 4) is 0 Å². The van der Waals surface area contributed by atoms with Crippen LogP contribution in [0.2, 0.25) is 0 Å². The molecule has 0 saturated heterocycles. The third-order valence-corrected chi connectivity index (χ3v) is 5.01. The summed E-state index contributed by atoms with van der Waals surface area (Å²) >= 11 is 0. The van der Waals surface area contributed by atoms with E-state index in [2.05, 4.69) is 5.32 Å². The maximum atomic E-state index is 13.1. The third kappa shape index (κ3) is 5.36. The van der Waals surface area contributed by atoms with Crippen molar-refractivity contribution < 1.29 is 41.0 Å². The van der Waals surface area contributed by atoms with Crippen molar-refractivity contribution in [2.24, 2.45) is 0 Å². The second-order valence-electron chi connectivity index (χ2n) is 7.15. The van der Waals surface area contributed by atoms with Crippen molar-refractivity contribution in [2.75, 3.05) is 0 Å². The van der Waals surface area contributed by atoms with E-state index in [4.69, 9.17) is 0 Å². The number of benzene rings is 2. The minimum Gasteiger partial charge on any atom is -0.481 e. The highest BCUT2D eigenvalue weighted by atomic mass is 19.4. The minimum absolute atomic E-state index is 0.00525. The van der Waals surface area contributed by atoms with Gasteiger partial charge in [-0.15, -0.1) is 0 Å². The van der Waals surface area contributed by atoms with Gasteiger partial charge in [-0.1, -0.05) is 30.3 Å². The van der Waals surface area contributed by atoms with Gasteiger partial charge in [0.25, 0.3) is 0 Å². The van der Waals surface area contributed by atoms with Gasteiger partial charge in [0.1, 0.15) is 5.41 Å².